The highest BCUT2D eigenvalue weighted by atomic mass is 16.3. The van der Waals surface area contributed by atoms with Gasteiger partial charge in [-0.2, -0.15) is 5.26 Å². The summed E-state index contributed by atoms with van der Waals surface area (Å²) in [5.74, 6) is 0.829. The van der Waals surface area contributed by atoms with E-state index >= 15 is 0 Å². The van der Waals surface area contributed by atoms with Gasteiger partial charge in [-0.3, -0.25) is 4.79 Å². The van der Waals surface area contributed by atoms with Crippen molar-refractivity contribution in [3.05, 3.63) is 53.9 Å². The summed E-state index contributed by atoms with van der Waals surface area (Å²) in [6.07, 6.45) is 7.08. The number of nitriles is 1. The minimum absolute atomic E-state index is 0.0976. The molecule has 178 valence electrons. The lowest BCUT2D eigenvalue weighted by Gasteiger charge is -2.36. The van der Waals surface area contributed by atoms with Crippen molar-refractivity contribution in [1.29, 1.82) is 5.26 Å². The van der Waals surface area contributed by atoms with Crippen LogP contribution in [0.25, 0.3) is 16.7 Å². The van der Waals surface area contributed by atoms with Gasteiger partial charge in [-0.25, -0.2) is 4.98 Å². The Kier molecular flexibility index (Phi) is 6.63. The summed E-state index contributed by atoms with van der Waals surface area (Å²) < 4.78 is 1.96. The molecule has 1 aromatic carbocycles. The van der Waals surface area contributed by atoms with E-state index in [-0.39, 0.29) is 23.9 Å². The Balaban J connectivity index is 1.57. The number of pyridine rings is 1. The molecule has 34 heavy (non-hydrogen) atoms. The predicted octanol–water partition coefficient (Wildman–Crippen LogP) is 4.78. The van der Waals surface area contributed by atoms with Gasteiger partial charge in [0.2, 0.25) is 0 Å². The highest BCUT2D eigenvalue weighted by molar-refractivity contribution is 6.00. The third-order valence-electron chi connectivity index (χ3n) is 6.71. The van der Waals surface area contributed by atoms with Crippen LogP contribution in [-0.2, 0) is 0 Å². The largest absolute Gasteiger partial charge is 0.390 e. The summed E-state index contributed by atoms with van der Waals surface area (Å²) in [5, 5.41) is 27.0. The molecule has 2 heterocycles. The molecule has 1 saturated carbocycles. The van der Waals surface area contributed by atoms with Gasteiger partial charge in [0.1, 0.15) is 5.82 Å². The number of benzene rings is 1. The Hall–Kier alpha value is -3.37. The van der Waals surface area contributed by atoms with Crippen LogP contribution < -0.4 is 10.6 Å². The number of carbonyl (C=O) groups is 1. The third kappa shape index (κ3) is 5.07. The van der Waals surface area contributed by atoms with Crippen LogP contribution in [-0.4, -0.2) is 38.2 Å². The van der Waals surface area contributed by atoms with Crippen LogP contribution in [0.2, 0.25) is 0 Å². The van der Waals surface area contributed by atoms with Gasteiger partial charge in [0, 0.05) is 35.9 Å². The standard InChI is InChI=1S/C27H33N5O2/c1-17(2)30-23-14-25(32-12-11-19-13-18(15-28)5-10-24(19)32)29-16-22(23)26(33)31-21-8-6-20(7-9-21)27(3,4)34/h5,10-14,16-17,20-21,34H,6-9H2,1-4H3,(H,29,30)(H,31,33)/t20-,21-. The van der Waals surface area contributed by atoms with Crippen LogP contribution in [0, 0.1) is 17.2 Å². The number of nitrogens with zero attached hydrogens (tertiary/aromatic N) is 3. The van der Waals surface area contributed by atoms with E-state index < -0.39 is 5.60 Å². The van der Waals surface area contributed by atoms with E-state index in [2.05, 4.69) is 21.7 Å². The molecule has 1 fully saturated rings. The quantitative estimate of drug-likeness (QED) is 0.492. The average molecular weight is 460 g/mol. The van der Waals surface area contributed by atoms with E-state index in [1.165, 1.54) is 0 Å². The number of aromatic nitrogens is 2. The lowest BCUT2D eigenvalue weighted by atomic mass is 9.77. The molecule has 0 aliphatic heterocycles. The highest BCUT2D eigenvalue weighted by Crippen LogP contribution is 2.33. The molecule has 0 radical (unpaired) electrons. The van der Waals surface area contributed by atoms with E-state index in [0.717, 1.165) is 42.3 Å². The number of rotatable bonds is 6. The van der Waals surface area contributed by atoms with Gasteiger partial charge in [0.05, 0.1) is 34.0 Å². The number of nitrogens with one attached hydrogen (secondary N) is 2. The number of aliphatic hydroxyl groups is 1. The topological polar surface area (TPSA) is 103 Å². The van der Waals surface area contributed by atoms with Crippen molar-refractivity contribution in [3.63, 3.8) is 0 Å². The first kappa shape index (κ1) is 23.8. The van der Waals surface area contributed by atoms with Crippen LogP contribution in [0.15, 0.2) is 42.7 Å². The zero-order chi connectivity index (χ0) is 24.5. The van der Waals surface area contributed by atoms with Crippen molar-refractivity contribution in [1.82, 2.24) is 14.9 Å². The number of hydrogen-bond donors (Lipinski definition) is 3. The van der Waals surface area contributed by atoms with E-state index in [9.17, 15) is 9.90 Å². The van der Waals surface area contributed by atoms with E-state index in [1.807, 2.05) is 62.7 Å². The number of fused-ring (bicyclic) bond motifs is 1. The Bertz CT molecular complexity index is 1220. The number of hydrogen-bond acceptors (Lipinski definition) is 5. The van der Waals surface area contributed by atoms with Gasteiger partial charge in [-0.1, -0.05) is 0 Å². The van der Waals surface area contributed by atoms with Gasteiger partial charge in [0.15, 0.2) is 0 Å². The Labute approximate surface area is 200 Å². The summed E-state index contributed by atoms with van der Waals surface area (Å²) in [4.78, 5) is 17.8. The van der Waals surface area contributed by atoms with Crippen molar-refractivity contribution < 1.29 is 9.90 Å². The summed E-state index contributed by atoms with van der Waals surface area (Å²) in [6.45, 7) is 7.80. The molecule has 4 rings (SSSR count). The monoisotopic (exact) mass is 459 g/mol. The molecule has 0 saturated heterocycles. The first-order valence-corrected chi connectivity index (χ1v) is 12.0. The van der Waals surface area contributed by atoms with Crippen molar-refractivity contribution in [3.8, 4) is 11.9 Å². The maximum Gasteiger partial charge on any atom is 0.255 e. The number of anilines is 1. The van der Waals surface area contributed by atoms with Crippen LogP contribution in [0.3, 0.4) is 0 Å². The molecule has 3 N–H and O–H groups in total. The normalized spacial score (nSPS) is 18.6. The number of amides is 1. The third-order valence-corrected chi connectivity index (χ3v) is 6.71. The molecule has 7 nitrogen and oxygen atoms in total. The maximum atomic E-state index is 13.2. The minimum atomic E-state index is -0.679. The molecule has 3 aromatic rings. The zero-order valence-corrected chi connectivity index (χ0v) is 20.3. The van der Waals surface area contributed by atoms with Crippen LogP contribution in [0.1, 0.15) is 69.3 Å². The fraction of sp³-hybridized carbons (Fsp3) is 0.444. The van der Waals surface area contributed by atoms with Gasteiger partial charge in [-0.05, 0) is 83.6 Å². The maximum absolute atomic E-state index is 13.2. The fourth-order valence-electron chi connectivity index (χ4n) is 4.81. The Morgan fingerprint density at radius 2 is 1.94 bits per heavy atom. The molecule has 0 bridgehead atoms. The minimum Gasteiger partial charge on any atom is -0.390 e. The van der Waals surface area contributed by atoms with Gasteiger partial charge in [-0.15, -0.1) is 0 Å². The fourth-order valence-corrected chi connectivity index (χ4v) is 4.81. The molecule has 0 unspecified atom stereocenters. The van der Waals surface area contributed by atoms with Crippen molar-refractivity contribution in [2.45, 2.75) is 71.1 Å². The van der Waals surface area contributed by atoms with Crippen LogP contribution >= 0.6 is 0 Å². The molecular formula is C27H33N5O2. The summed E-state index contributed by atoms with van der Waals surface area (Å²) in [7, 11) is 0. The molecule has 1 aliphatic carbocycles. The van der Waals surface area contributed by atoms with Crippen molar-refractivity contribution in [2.24, 2.45) is 5.92 Å². The van der Waals surface area contributed by atoms with Crippen LogP contribution in [0.5, 0.6) is 0 Å². The van der Waals surface area contributed by atoms with E-state index in [4.69, 9.17) is 5.26 Å². The second-order valence-corrected chi connectivity index (χ2v) is 10.1. The van der Waals surface area contributed by atoms with Crippen molar-refractivity contribution >= 4 is 22.5 Å². The first-order valence-electron chi connectivity index (χ1n) is 12.0. The summed E-state index contributed by atoms with van der Waals surface area (Å²) >= 11 is 0. The SMILES string of the molecule is CC(C)Nc1cc(-n2ccc3cc(C#N)ccc32)ncc1C(=O)N[C@H]1CC[C@H](C(C)(C)O)CC1. The van der Waals surface area contributed by atoms with Gasteiger partial charge in [0.25, 0.3) is 5.91 Å². The average Bonchev–Trinajstić information content (AvgIpc) is 3.21. The molecule has 1 amide bonds. The van der Waals surface area contributed by atoms with E-state index in [0.29, 0.717) is 16.9 Å². The smallest absolute Gasteiger partial charge is 0.255 e. The molecule has 0 atom stereocenters. The molecule has 7 heteroatoms. The Morgan fingerprint density at radius 1 is 1.21 bits per heavy atom. The summed E-state index contributed by atoms with van der Waals surface area (Å²) in [5.41, 5.74) is 2.14. The lowest BCUT2D eigenvalue weighted by Crippen LogP contribution is -2.42. The predicted molar refractivity (Wildman–Crippen MR) is 134 cm³/mol. The Morgan fingerprint density at radius 3 is 2.59 bits per heavy atom. The van der Waals surface area contributed by atoms with E-state index in [1.54, 1.807) is 12.3 Å². The van der Waals surface area contributed by atoms with Crippen LogP contribution in [0.4, 0.5) is 5.69 Å². The highest BCUT2D eigenvalue weighted by Gasteiger charge is 2.32. The second-order valence-electron chi connectivity index (χ2n) is 10.1. The van der Waals surface area contributed by atoms with Crippen molar-refractivity contribution in [2.75, 3.05) is 5.32 Å². The molecule has 1 aliphatic rings. The van der Waals surface area contributed by atoms with Gasteiger partial charge >= 0.3 is 0 Å². The summed E-state index contributed by atoms with van der Waals surface area (Å²) in [6, 6.07) is 11.8. The zero-order valence-electron chi connectivity index (χ0n) is 20.3. The number of carbonyl (C=O) groups excluding carboxylic acids is 1. The molecule has 0 spiro atoms. The molecular weight excluding hydrogens is 426 g/mol. The molecule has 2 aromatic heterocycles. The van der Waals surface area contributed by atoms with Gasteiger partial charge < -0.3 is 20.3 Å². The lowest BCUT2D eigenvalue weighted by molar-refractivity contribution is -0.00257. The second kappa shape index (κ2) is 9.47. The first-order chi connectivity index (χ1) is 16.2.